The van der Waals surface area contributed by atoms with E-state index in [-0.39, 0.29) is 5.43 Å². The van der Waals surface area contributed by atoms with E-state index >= 15 is 0 Å². The number of rotatable bonds is 10. The third kappa shape index (κ3) is 6.44. The minimum absolute atomic E-state index is 0.155. The minimum atomic E-state index is -0.968. The molecule has 0 aromatic carbocycles. The maximum Gasteiger partial charge on any atom is 0.223 e. The van der Waals surface area contributed by atoms with Gasteiger partial charge in [0.2, 0.25) is 5.43 Å². The van der Waals surface area contributed by atoms with E-state index < -0.39 is 10.8 Å². The Morgan fingerprint density at radius 2 is 2.00 bits per heavy atom. The summed E-state index contributed by atoms with van der Waals surface area (Å²) in [6.07, 6.45) is 2.42. The molecule has 21 heavy (non-hydrogen) atoms. The SMILES string of the molecule is CCCOc1c[nH]c(CS(=O)CCN(CC)CC)cc1=O. The molecule has 1 aromatic rings. The van der Waals surface area contributed by atoms with Gasteiger partial charge in [0.1, 0.15) is 0 Å². The molecule has 0 aliphatic carbocycles. The zero-order chi connectivity index (χ0) is 15.7. The standard InChI is InChI=1S/C15H26N2O3S/c1-4-8-20-15-11-16-13(10-14(15)18)12-21(19)9-7-17(5-2)6-3/h10-11H,4-9,12H2,1-3H3,(H,16,18). The lowest BCUT2D eigenvalue weighted by Gasteiger charge is -2.17. The summed E-state index contributed by atoms with van der Waals surface area (Å²) in [5, 5.41) is 0. The number of nitrogens with one attached hydrogen (secondary N) is 1. The Labute approximate surface area is 129 Å². The lowest BCUT2D eigenvalue weighted by Crippen LogP contribution is -2.27. The van der Waals surface area contributed by atoms with Crippen LogP contribution in [0, 0.1) is 0 Å². The summed E-state index contributed by atoms with van der Waals surface area (Å²) in [4.78, 5) is 17.1. The largest absolute Gasteiger partial charge is 0.488 e. The second-order valence-electron chi connectivity index (χ2n) is 4.85. The van der Waals surface area contributed by atoms with Gasteiger partial charge in [-0.2, -0.15) is 0 Å². The normalized spacial score (nSPS) is 12.6. The summed E-state index contributed by atoms with van der Waals surface area (Å²) in [5.74, 6) is 1.33. The quantitative estimate of drug-likeness (QED) is 0.715. The molecule has 0 saturated heterocycles. The van der Waals surface area contributed by atoms with Crippen LogP contribution < -0.4 is 10.2 Å². The molecule has 120 valence electrons. The number of hydrogen-bond acceptors (Lipinski definition) is 4. The van der Waals surface area contributed by atoms with Gasteiger partial charge in [0.25, 0.3) is 0 Å². The third-order valence-electron chi connectivity index (χ3n) is 3.24. The van der Waals surface area contributed by atoms with E-state index in [0.717, 1.165) is 26.1 Å². The number of H-pyrrole nitrogens is 1. The molecule has 1 rings (SSSR count). The van der Waals surface area contributed by atoms with E-state index in [4.69, 9.17) is 4.74 Å². The molecule has 0 aliphatic heterocycles. The third-order valence-corrected chi connectivity index (χ3v) is 4.52. The van der Waals surface area contributed by atoms with Crippen LogP contribution in [0.2, 0.25) is 0 Å². The maximum atomic E-state index is 12.0. The molecule has 5 nitrogen and oxygen atoms in total. The first-order chi connectivity index (χ1) is 10.1. The fourth-order valence-electron chi connectivity index (χ4n) is 1.92. The highest BCUT2D eigenvalue weighted by atomic mass is 32.2. The first kappa shape index (κ1) is 17.9. The topological polar surface area (TPSA) is 62.4 Å². The summed E-state index contributed by atoms with van der Waals surface area (Å²) in [6, 6.07) is 1.49. The average molecular weight is 314 g/mol. The van der Waals surface area contributed by atoms with Crippen molar-refractivity contribution >= 4 is 10.8 Å². The number of pyridine rings is 1. The van der Waals surface area contributed by atoms with E-state index in [1.807, 2.05) is 6.92 Å². The van der Waals surface area contributed by atoms with Crippen LogP contribution in [0.5, 0.6) is 5.75 Å². The molecule has 0 saturated carbocycles. The highest BCUT2D eigenvalue weighted by Gasteiger charge is 2.08. The average Bonchev–Trinajstić information content (AvgIpc) is 2.47. The minimum Gasteiger partial charge on any atom is -0.488 e. The summed E-state index contributed by atoms with van der Waals surface area (Å²) >= 11 is 0. The van der Waals surface area contributed by atoms with Crippen molar-refractivity contribution in [2.75, 3.05) is 32.0 Å². The number of hydrogen-bond donors (Lipinski definition) is 1. The Morgan fingerprint density at radius 3 is 2.57 bits per heavy atom. The predicted molar refractivity (Wildman–Crippen MR) is 87.4 cm³/mol. The fourth-order valence-corrected chi connectivity index (χ4v) is 3.04. The van der Waals surface area contributed by atoms with Crippen LogP contribution >= 0.6 is 0 Å². The molecule has 1 unspecified atom stereocenters. The van der Waals surface area contributed by atoms with E-state index in [0.29, 0.717) is 29.6 Å². The first-order valence-corrected chi connectivity index (χ1v) is 9.01. The number of nitrogens with zero attached hydrogens (tertiary/aromatic N) is 1. The van der Waals surface area contributed by atoms with Crippen molar-refractivity contribution in [3.05, 3.63) is 28.2 Å². The van der Waals surface area contributed by atoms with Crippen molar-refractivity contribution in [3.8, 4) is 5.75 Å². The molecule has 0 radical (unpaired) electrons. The molecule has 1 N–H and O–H groups in total. The Hall–Kier alpha value is -1.14. The number of aromatic nitrogens is 1. The summed E-state index contributed by atoms with van der Waals surface area (Å²) in [5.41, 5.74) is 0.541. The van der Waals surface area contributed by atoms with Crippen molar-refractivity contribution in [1.82, 2.24) is 9.88 Å². The molecular weight excluding hydrogens is 288 g/mol. The molecule has 0 aliphatic rings. The maximum absolute atomic E-state index is 12.0. The number of aromatic amines is 1. The van der Waals surface area contributed by atoms with Crippen molar-refractivity contribution in [2.24, 2.45) is 0 Å². The molecule has 1 heterocycles. The molecule has 0 amide bonds. The van der Waals surface area contributed by atoms with Crippen LogP contribution in [0.3, 0.4) is 0 Å². The van der Waals surface area contributed by atoms with Crippen LogP contribution in [0.4, 0.5) is 0 Å². The van der Waals surface area contributed by atoms with Crippen LogP contribution in [0.15, 0.2) is 17.1 Å². The molecule has 0 bridgehead atoms. The van der Waals surface area contributed by atoms with Crippen LogP contribution in [-0.4, -0.2) is 46.1 Å². The second kappa shape index (κ2) is 9.73. The Morgan fingerprint density at radius 1 is 1.29 bits per heavy atom. The van der Waals surface area contributed by atoms with Gasteiger partial charge in [-0.3, -0.25) is 9.00 Å². The predicted octanol–water partition coefficient (Wildman–Crippen LogP) is 1.75. The van der Waals surface area contributed by atoms with Gasteiger partial charge in [-0.1, -0.05) is 20.8 Å². The highest BCUT2D eigenvalue weighted by Crippen LogP contribution is 2.05. The first-order valence-electron chi connectivity index (χ1n) is 7.52. The molecule has 1 atom stereocenters. The van der Waals surface area contributed by atoms with Gasteiger partial charge in [-0.15, -0.1) is 0 Å². The highest BCUT2D eigenvalue weighted by molar-refractivity contribution is 7.84. The van der Waals surface area contributed by atoms with Gasteiger partial charge in [0.15, 0.2) is 5.75 Å². The summed E-state index contributed by atoms with van der Waals surface area (Å²) in [7, 11) is -0.968. The Kier molecular flexibility index (Phi) is 8.30. The second-order valence-corrected chi connectivity index (χ2v) is 6.43. The smallest absolute Gasteiger partial charge is 0.223 e. The Balaban J connectivity index is 2.53. The molecule has 0 spiro atoms. The van der Waals surface area contributed by atoms with E-state index in [1.165, 1.54) is 6.07 Å². The monoisotopic (exact) mass is 314 g/mol. The van der Waals surface area contributed by atoms with Gasteiger partial charge in [0.05, 0.1) is 12.4 Å². The van der Waals surface area contributed by atoms with E-state index in [1.54, 1.807) is 6.20 Å². The van der Waals surface area contributed by atoms with E-state index in [2.05, 4.69) is 23.7 Å². The fraction of sp³-hybridized carbons (Fsp3) is 0.667. The van der Waals surface area contributed by atoms with Crippen LogP contribution in [0.1, 0.15) is 32.9 Å². The van der Waals surface area contributed by atoms with Gasteiger partial charge < -0.3 is 14.6 Å². The zero-order valence-corrected chi connectivity index (χ0v) is 14.0. The lowest BCUT2D eigenvalue weighted by atomic mass is 10.3. The molecule has 1 aromatic heterocycles. The summed E-state index contributed by atoms with van der Waals surface area (Å²) < 4.78 is 17.4. The van der Waals surface area contributed by atoms with Gasteiger partial charge in [0, 0.05) is 41.1 Å². The van der Waals surface area contributed by atoms with Crippen molar-refractivity contribution in [2.45, 2.75) is 32.9 Å². The Bertz CT molecular complexity index is 498. The van der Waals surface area contributed by atoms with Crippen molar-refractivity contribution in [1.29, 1.82) is 0 Å². The van der Waals surface area contributed by atoms with Crippen molar-refractivity contribution in [3.63, 3.8) is 0 Å². The summed E-state index contributed by atoms with van der Waals surface area (Å²) in [6.45, 7) is 9.46. The molecular formula is C15H26N2O3S. The van der Waals surface area contributed by atoms with Gasteiger partial charge in [-0.05, 0) is 19.5 Å². The van der Waals surface area contributed by atoms with Crippen molar-refractivity contribution < 1.29 is 8.95 Å². The lowest BCUT2D eigenvalue weighted by molar-refractivity contribution is 0.313. The van der Waals surface area contributed by atoms with Gasteiger partial charge in [-0.25, -0.2) is 0 Å². The molecule has 6 heteroatoms. The van der Waals surface area contributed by atoms with Crippen LogP contribution in [0.25, 0.3) is 0 Å². The van der Waals surface area contributed by atoms with E-state index in [9.17, 15) is 9.00 Å². The van der Waals surface area contributed by atoms with Gasteiger partial charge >= 0.3 is 0 Å². The molecule has 0 fully saturated rings. The number of ether oxygens (including phenoxy) is 1. The van der Waals surface area contributed by atoms with Crippen LogP contribution in [-0.2, 0) is 16.6 Å². The zero-order valence-electron chi connectivity index (χ0n) is 13.2.